The van der Waals surface area contributed by atoms with E-state index in [1.165, 1.54) is 44.9 Å². The third kappa shape index (κ3) is 3.71. The quantitative estimate of drug-likeness (QED) is 0.804. The van der Waals surface area contributed by atoms with Gasteiger partial charge in [-0.2, -0.15) is 0 Å². The maximum atomic E-state index is 10.7. The Morgan fingerprint density at radius 1 is 1.17 bits per heavy atom. The molecule has 2 saturated carbocycles. The van der Waals surface area contributed by atoms with Crippen molar-refractivity contribution in [3.8, 4) is 0 Å². The van der Waals surface area contributed by atoms with Gasteiger partial charge in [-0.1, -0.05) is 46.0 Å². The van der Waals surface area contributed by atoms with Crippen LogP contribution in [0.15, 0.2) is 0 Å². The highest BCUT2D eigenvalue weighted by Crippen LogP contribution is 2.33. The zero-order valence-corrected chi connectivity index (χ0v) is 12.3. The van der Waals surface area contributed by atoms with Crippen LogP contribution in [0, 0.1) is 11.8 Å². The number of rotatable bonds is 4. The molecule has 0 aromatic heterocycles. The van der Waals surface area contributed by atoms with Gasteiger partial charge in [-0.3, -0.25) is 0 Å². The first-order chi connectivity index (χ1) is 8.63. The molecule has 0 amide bonds. The summed E-state index contributed by atoms with van der Waals surface area (Å²) in [5, 5.41) is 14.4. The maximum absolute atomic E-state index is 10.7. The summed E-state index contributed by atoms with van der Waals surface area (Å²) in [4.78, 5) is 0. The van der Waals surface area contributed by atoms with Crippen molar-refractivity contribution in [3.05, 3.63) is 0 Å². The van der Waals surface area contributed by atoms with Crippen LogP contribution < -0.4 is 5.32 Å². The monoisotopic (exact) mass is 253 g/mol. The molecule has 0 aliphatic heterocycles. The van der Waals surface area contributed by atoms with Crippen LogP contribution in [0.3, 0.4) is 0 Å². The van der Waals surface area contributed by atoms with Gasteiger partial charge < -0.3 is 10.4 Å². The lowest BCUT2D eigenvalue weighted by molar-refractivity contribution is -0.0162. The van der Waals surface area contributed by atoms with E-state index in [1.807, 2.05) is 0 Å². The Bertz CT molecular complexity index is 255. The fraction of sp³-hybridized carbons (Fsp3) is 1.00. The molecule has 4 unspecified atom stereocenters. The van der Waals surface area contributed by atoms with Crippen molar-refractivity contribution >= 4 is 0 Å². The average Bonchev–Trinajstić information content (AvgIpc) is 2.36. The number of hydrogen-bond acceptors (Lipinski definition) is 2. The third-order valence-electron chi connectivity index (χ3n) is 5.19. The Kier molecular flexibility index (Phi) is 5.08. The molecular formula is C16H31NO. The molecule has 2 fully saturated rings. The summed E-state index contributed by atoms with van der Waals surface area (Å²) in [6.45, 7) is 5.40. The molecule has 2 nitrogen and oxygen atoms in total. The van der Waals surface area contributed by atoms with Crippen molar-refractivity contribution in [2.45, 2.75) is 83.3 Å². The second-order valence-electron chi connectivity index (χ2n) is 6.87. The largest absolute Gasteiger partial charge is 0.389 e. The van der Waals surface area contributed by atoms with E-state index in [0.717, 1.165) is 25.3 Å². The van der Waals surface area contributed by atoms with Crippen molar-refractivity contribution in [2.24, 2.45) is 11.8 Å². The van der Waals surface area contributed by atoms with Gasteiger partial charge in [-0.05, 0) is 37.5 Å². The molecule has 0 aromatic carbocycles. The minimum atomic E-state index is -0.423. The van der Waals surface area contributed by atoms with Crippen LogP contribution in [0.2, 0.25) is 0 Å². The second-order valence-corrected chi connectivity index (χ2v) is 6.87. The normalized spacial score (nSPS) is 41.8. The first-order valence-corrected chi connectivity index (χ1v) is 8.09. The highest BCUT2D eigenvalue weighted by Gasteiger charge is 2.34. The molecule has 0 heterocycles. The molecule has 0 bridgehead atoms. The summed E-state index contributed by atoms with van der Waals surface area (Å²) in [5.41, 5.74) is -0.423. The van der Waals surface area contributed by atoms with Gasteiger partial charge in [0.15, 0.2) is 0 Å². The number of hydrogen-bond donors (Lipinski definition) is 2. The zero-order chi connectivity index (χ0) is 13.0. The molecule has 106 valence electrons. The van der Waals surface area contributed by atoms with E-state index in [0.29, 0.717) is 12.0 Å². The summed E-state index contributed by atoms with van der Waals surface area (Å²) < 4.78 is 0. The van der Waals surface area contributed by atoms with Gasteiger partial charge in [0, 0.05) is 12.6 Å². The summed E-state index contributed by atoms with van der Waals surface area (Å²) in [5.74, 6) is 1.53. The molecule has 0 spiro atoms. The SMILES string of the molecule is CCC1CCCCC1NCC1(O)CCCC(C)C1. The zero-order valence-electron chi connectivity index (χ0n) is 12.3. The van der Waals surface area contributed by atoms with Crippen LogP contribution in [0.4, 0.5) is 0 Å². The summed E-state index contributed by atoms with van der Waals surface area (Å²) in [6.07, 6.45) is 11.2. The fourth-order valence-corrected chi connectivity index (χ4v) is 4.08. The molecule has 0 saturated heterocycles. The first kappa shape index (κ1) is 14.3. The van der Waals surface area contributed by atoms with Crippen molar-refractivity contribution < 1.29 is 5.11 Å². The minimum Gasteiger partial charge on any atom is -0.389 e. The van der Waals surface area contributed by atoms with Crippen LogP contribution in [-0.2, 0) is 0 Å². The van der Waals surface area contributed by atoms with Gasteiger partial charge in [0.05, 0.1) is 5.60 Å². The van der Waals surface area contributed by atoms with E-state index in [4.69, 9.17) is 0 Å². The van der Waals surface area contributed by atoms with Gasteiger partial charge in [0.1, 0.15) is 0 Å². The number of aliphatic hydroxyl groups is 1. The third-order valence-corrected chi connectivity index (χ3v) is 5.19. The first-order valence-electron chi connectivity index (χ1n) is 8.09. The average molecular weight is 253 g/mol. The van der Waals surface area contributed by atoms with Gasteiger partial charge >= 0.3 is 0 Å². The van der Waals surface area contributed by atoms with Crippen molar-refractivity contribution in [3.63, 3.8) is 0 Å². The van der Waals surface area contributed by atoms with E-state index in [-0.39, 0.29) is 0 Å². The molecule has 0 aromatic rings. The van der Waals surface area contributed by atoms with Crippen LogP contribution in [0.25, 0.3) is 0 Å². The summed E-state index contributed by atoms with van der Waals surface area (Å²) in [7, 11) is 0. The Morgan fingerprint density at radius 2 is 1.94 bits per heavy atom. The molecule has 2 rings (SSSR count). The molecule has 18 heavy (non-hydrogen) atoms. The van der Waals surface area contributed by atoms with Crippen LogP contribution in [0.5, 0.6) is 0 Å². The van der Waals surface area contributed by atoms with Crippen LogP contribution >= 0.6 is 0 Å². The molecule has 4 atom stereocenters. The van der Waals surface area contributed by atoms with E-state index < -0.39 is 5.60 Å². The molecular weight excluding hydrogens is 222 g/mol. The van der Waals surface area contributed by atoms with E-state index in [9.17, 15) is 5.11 Å². The number of nitrogens with one attached hydrogen (secondary N) is 1. The smallest absolute Gasteiger partial charge is 0.0774 e. The molecule has 2 heteroatoms. The van der Waals surface area contributed by atoms with Crippen molar-refractivity contribution in [1.82, 2.24) is 5.32 Å². The van der Waals surface area contributed by atoms with Crippen LogP contribution in [0.1, 0.15) is 71.6 Å². The highest BCUT2D eigenvalue weighted by molar-refractivity contribution is 4.90. The van der Waals surface area contributed by atoms with E-state index in [1.54, 1.807) is 0 Å². The van der Waals surface area contributed by atoms with E-state index in [2.05, 4.69) is 19.2 Å². The lowest BCUT2D eigenvalue weighted by Gasteiger charge is -2.39. The van der Waals surface area contributed by atoms with E-state index >= 15 is 0 Å². The topological polar surface area (TPSA) is 32.3 Å². The predicted molar refractivity (Wildman–Crippen MR) is 76.6 cm³/mol. The summed E-state index contributed by atoms with van der Waals surface area (Å²) in [6, 6.07) is 0.657. The lowest BCUT2D eigenvalue weighted by Crippen LogP contribution is -2.49. The lowest BCUT2D eigenvalue weighted by atomic mass is 9.78. The Balaban J connectivity index is 1.82. The molecule has 2 aliphatic rings. The second kappa shape index (κ2) is 6.38. The maximum Gasteiger partial charge on any atom is 0.0774 e. The van der Waals surface area contributed by atoms with Gasteiger partial charge in [-0.25, -0.2) is 0 Å². The van der Waals surface area contributed by atoms with Crippen LogP contribution in [-0.4, -0.2) is 23.3 Å². The molecule has 0 radical (unpaired) electrons. The van der Waals surface area contributed by atoms with Gasteiger partial charge in [0.25, 0.3) is 0 Å². The Hall–Kier alpha value is -0.0800. The van der Waals surface area contributed by atoms with Crippen molar-refractivity contribution in [1.29, 1.82) is 0 Å². The molecule has 2 N–H and O–H groups in total. The standard InChI is InChI=1S/C16H31NO/c1-3-14-8-4-5-9-15(14)17-12-16(18)10-6-7-13(2)11-16/h13-15,17-18H,3-12H2,1-2H3. The Labute approximate surface area is 113 Å². The van der Waals surface area contributed by atoms with Gasteiger partial charge in [-0.15, -0.1) is 0 Å². The Morgan fingerprint density at radius 3 is 2.67 bits per heavy atom. The molecule has 2 aliphatic carbocycles. The summed E-state index contributed by atoms with van der Waals surface area (Å²) >= 11 is 0. The predicted octanol–water partition coefficient (Wildman–Crippen LogP) is 3.49. The fourth-order valence-electron chi connectivity index (χ4n) is 4.08. The minimum absolute atomic E-state index is 0.423. The highest BCUT2D eigenvalue weighted by atomic mass is 16.3. The van der Waals surface area contributed by atoms with Gasteiger partial charge in [0.2, 0.25) is 0 Å². The van der Waals surface area contributed by atoms with Crippen molar-refractivity contribution in [2.75, 3.05) is 6.54 Å².